The van der Waals surface area contributed by atoms with Gasteiger partial charge in [0.25, 0.3) is 0 Å². The van der Waals surface area contributed by atoms with Gasteiger partial charge in [-0.3, -0.25) is 20.2 Å². The number of ether oxygens (including phenoxy) is 2. The first-order valence-electron chi connectivity index (χ1n) is 7.32. The lowest BCUT2D eigenvalue weighted by Gasteiger charge is -2.13. The normalized spacial score (nSPS) is 10.8. The number of para-hydroxylation sites is 1. The molecule has 0 spiro atoms. The van der Waals surface area contributed by atoms with Crippen LogP contribution in [0.15, 0.2) is 54.6 Å². The molecular weight excluding hydrogens is 328 g/mol. The molecule has 0 bridgehead atoms. The van der Waals surface area contributed by atoms with E-state index in [2.05, 4.69) is 0 Å². The van der Waals surface area contributed by atoms with E-state index in [1.807, 2.05) is 30.3 Å². The van der Waals surface area contributed by atoms with Crippen LogP contribution < -0.4 is 9.47 Å². The fourth-order valence-corrected chi connectivity index (χ4v) is 2.12. The summed E-state index contributed by atoms with van der Waals surface area (Å²) in [4.78, 5) is 19.5. The van der Waals surface area contributed by atoms with Crippen molar-refractivity contribution in [3.8, 4) is 11.5 Å². The molecule has 0 saturated carbocycles. The van der Waals surface area contributed by atoms with E-state index in [4.69, 9.17) is 9.47 Å². The average molecular weight is 344 g/mol. The highest BCUT2D eigenvalue weighted by molar-refractivity contribution is 5.62. The van der Waals surface area contributed by atoms with Crippen LogP contribution in [0, 0.1) is 20.2 Å². The molecule has 2 aromatic rings. The largest absolute Gasteiger partial charge is 0.493 e. The Morgan fingerprint density at radius 2 is 1.72 bits per heavy atom. The highest BCUT2D eigenvalue weighted by Gasteiger charge is 2.28. The number of nitro groups is 2. The first-order chi connectivity index (χ1) is 12.0. The Bertz CT molecular complexity index is 762. The number of benzene rings is 2. The monoisotopic (exact) mass is 344 g/mol. The molecule has 25 heavy (non-hydrogen) atoms. The van der Waals surface area contributed by atoms with Crippen LogP contribution in [0.5, 0.6) is 11.5 Å². The first-order valence-corrected chi connectivity index (χ1v) is 7.32. The van der Waals surface area contributed by atoms with Gasteiger partial charge in [0.05, 0.1) is 13.2 Å². The van der Waals surface area contributed by atoms with Crippen molar-refractivity contribution in [2.75, 3.05) is 7.11 Å². The standard InChI is InChI=1S/C17H16N2O6/c1-24-15-9-5-8-14(10-11-16(18(20)21)19(22)23)17(15)25-12-13-6-3-2-4-7-13/h2-11,16H,12H2,1H3. The maximum atomic E-state index is 10.7. The maximum absolute atomic E-state index is 10.7. The molecule has 0 amide bonds. The van der Waals surface area contributed by atoms with Crippen LogP contribution in [0.2, 0.25) is 0 Å². The predicted octanol–water partition coefficient (Wildman–Crippen LogP) is 3.17. The van der Waals surface area contributed by atoms with Crippen molar-refractivity contribution < 1.29 is 19.3 Å². The fourth-order valence-electron chi connectivity index (χ4n) is 2.12. The Morgan fingerprint density at radius 1 is 1.04 bits per heavy atom. The number of methoxy groups -OCH3 is 1. The second-order valence-corrected chi connectivity index (χ2v) is 5.00. The van der Waals surface area contributed by atoms with Gasteiger partial charge >= 0.3 is 6.17 Å². The van der Waals surface area contributed by atoms with Gasteiger partial charge < -0.3 is 9.47 Å². The highest BCUT2D eigenvalue weighted by Crippen LogP contribution is 2.32. The molecule has 0 radical (unpaired) electrons. The molecule has 8 nitrogen and oxygen atoms in total. The van der Waals surface area contributed by atoms with Crippen molar-refractivity contribution in [3.05, 3.63) is 86.0 Å². The molecule has 0 heterocycles. The maximum Gasteiger partial charge on any atom is 0.470 e. The lowest BCUT2D eigenvalue weighted by molar-refractivity contribution is -0.727. The summed E-state index contributed by atoms with van der Waals surface area (Å²) < 4.78 is 11.0. The number of nitrogens with zero attached hydrogens (tertiary/aromatic N) is 2. The minimum absolute atomic E-state index is 0.260. The molecule has 0 unspecified atom stereocenters. The van der Waals surface area contributed by atoms with Crippen molar-refractivity contribution in [1.29, 1.82) is 0 Å². The molecule has 2 aromatic carbocycles. The Kier molecular flexibility index (Phi) is 6.05. The minimum Gasteiger partial charge on any atom is -0.493 e. The zero-order valence-electron chi connectivity index (χ0n) is 13.4. The van der Waals surface area contributed by atoms with Crippen LogP contribution in [-0.4, -0.2) is 23.1 Å². The number of hydrogen-bond donors (Lipinski definition) is 0. The van der Waals surface area contributed by atoms with Crippen LogP contribution in [-0.2, 0) is 6.61 Å². The SMILES string of the molecule is COc1cccc(C=CC([N+](=O)[O-])[N+](=O)[O-])c1OCc1ccccc1. The summed E-state index contributed by atoms with van der Waals surface area (Å²) in [5, 5.41) is 21.5. The third-order valence-corrected chi connectivity index (χ3v) is 3.34. The van der Waals surface area contributed by atoms with Crippen molar-refractivity contribution in [3.63, 3.8) is 0 Å². The van der Waals surface area contributed by atoms with Crippen molar-refractivity contribution >= 4 is 6.08 Å². The van der Waals surface area contributed by atoms with Gasteiger partial charge in [0.1, 0.15) is 16.5 Å². The second kappa shape index (κ2) is 8.44. The summed E-state index contributed by atoms with van der Waals surface area (Å²) in [6.45, 7) is 0.260. The Hall–Kier alpha value is -3.42. The van der Waals surface area contributed by atoms with Gasteiger partial charge in [-0.05, 0) is 17.7 Å². The molecule has 0 atom stereocenters. The van der Waals surface area contributed by atoms with Gasteiger partial charge in [0, 0.05) is 5.56 Å². The third kappa shape index (κ3) is 4.77. The number of rotatable bonds is 8. The van der Waals surface area contributed by atoms with Gasteiger partial charge in [-0.25, -0.2) is 0 Å². The van der Waals surface area contributed by atoms with Crippen LogP contribution in [0.4, 0.5) is 0 Å². The third-order valence-electron chi connectivity index (χ3n) is 3.34. The van der Waals surface area contributed by atoms with Crippen LogP contribution in [0.3, 0.4) is 0 Å². The number of hydrogen-bond acceptors (Lipinski definition) is 6. The van der Waals surface area contributed by atoms with E-state index in [1.54, 1.807) is 18.2 Å². The van der Waals surface area contributed by atoms with E-state index in [0.29, 0.717) is 17.1 Å². The van der Waals surface area contributed by atoms with Gasteiger partial charge in [-0.2, -0.15) is 0 Å². The molecule has 0 N–H and O–H groups in total. The van der Waals surface area contributed by atoms with E-state index < -0.39 is 16.0 Å². The molecule has 8 heteroatoms. The molecule has 0 saturated heterocycles. The highest BCUT2D eigenvalue weighted by atomic mass is 16.7. The molecule has 0 aliphatic carbocycles. The summed E-state index contributed by atoms with van der Waals surface area (Å²) >= 11 is 0. The van der Waals surface area contributed by atoms with Gasteiger partial charge in [-0.15, -0.1) is 0 Å². The van der Waals surface area contributed by atoms with Crippen molar-refractivity contribution in [2.24, 2.45) is 0 Å². The van der Waals surface area contributed by atoms with E-state index in [1.165, 1.54) is 13.2 Å². The molecule has 130 valence electrons. The van der Waals surface area contributed by atoms with Gasteiger partial charge in [-0.1, -0.05) is 42.5 Å². The quantitative estimate of drug-likeness (QED) is 0.414. The van der Waals surface area contributed by atoms with Crippen LogP contribution in [0.1, 0.15) is 11.1 Å². The summed E-state index contributed by atoms with van der Waals surface area (Å²) in [5.41, 5.74) is 1.38. The summed E-state index contributed by atoms with van der Waals surface area (Å²) in [6, 6.07) is 14.4. The van der Waals surface area contributed by atoms with Crippen LogP contribution in [0.25, 0.3) is 6.08 Å². The predicted molar refractivity (Wildman–Crippen MR) is 90.6 cm³/mol. The zero-order valence-corrected chi connectivity index (χ0v) is 13.4. The molecule has 0 fully saturated rings. The summed E-state index contributed by atoms with van der Waals surface area (Å²) in [5.74, 6) is 0.785. The lowest BCUT2D eigenvalue weighted by Crippen LogP contribution is -2.25. The Balaban J connectivity index is 2.28. The van der Waals surface area contributed by atoms with E-state index >= 15 is 0 Å². The second-order valence-electron chi connectivity index (χ2n) is 5.00. The minimum atomic E-state index is -2.02. The Labute approximate surface area is 143 Å². The molecule has 0 aromatic heterocycles. The molecular formula is C17H16N2O6. The van der Waals surface area contributed by atoms with Gasteiger partial charge in [0.2, 0.25) is 0 Å². The fraction of sp³-hybridized carbons (Fsp3) is 0.176. The Morgan fingerprint density at radius 3 is 2.32 bits per heavy atom. The van der Waals surface area contributed by atoms with E-state index in [9.17, 15) is 20.2 Å². The van der Waals surface area contributed by atoms with Crippen molar-refractivity contribution in [2.45, 2.75) is 12.8 Å². The van der Waals surface area contributed by atoms with E-state index in [-0.39, 0.29) is 6.61 Å². The van der Waals surface area contributed by atoms with Gasteiger partial charge in [0.15, 0.2) is 11.5 Å². The first kappa shape index (κ1) is 17.9. The summed E-state index contributed by atoms with van der Waals surface area (Å²) in [7, 11) is 1.47. The molecule has 0 aliphatic heterocycles. The van der Waals surface area contributed by atoms with Crippen LogP contribution >= 0.6 is 0 Å². The average Bonchev–Trinajstić information content (AvgIpc) is 2.60. The topological polar surface area (TPSA) is 105 Å². The lowest BCUT2D eigenvalue weighted by atomic mass is 10.1. The van der Waals surface area contributed by atoms with E-state index in [0.717, 1.165) is 11.6 Å². The zero-order chi connectivity index (χ0) is 18.2. The summed E-state index contributed by atoms with van der Waals surface area (Å²) in [6.07, 6.45) is 0.177. The molecule has 0 aliphatic rings. The van der Waals surface area contributed by atoms with Crippen molar-refractivity contribution in [1.82, 2.24) is 0 Å². The smallest absolute Gasteiger partial charge is 0.470 e. The molecule has 2 rings (SSSR count).